The first-order valence-corrected chi connectivity index (χ1v) is 8.74. The van der Waals surface area contributed by atoms with Crippen LogP contribution in [0.1, 0.15) is 43.0 Å². The van der Waals surface area contributed by atoms with E-state index < -0.39 is 11.8 Å². The zero-order chi connectivity index (χ0) is 15.9. The zero-order valence-electron chi connectivity index (χ0n) is 13.3. The lowest BCUT2D eigenvalue weighted by molar-refractivity contribution is -0.139. The molecule has 1 aromatic heterocycles. The largest absolute Gasteiger partial charge is 0.346 e. The van der Waals surface area contributed by atoms with Gasteiger partial charge in [-0.1, -0.05) is 25.3 Å². The number of carbonyl (C=O) groups is 2. The molecule has 2 amide bonds. The summed E-state index contributed by atoms with van der Waals surface area (Å²) in [7, 11) is 3.94. The van der Waals surface area contributed by atoms with Crippen molar-refractivity contribution in [1.29, 1.82) is 0 Å². The number of nitrogens with one attached hydrogen (secondary N) is 2. The molecule has 1 heterocycles. The Kier molecular flexibility index (Phi) is 6.39. The summed E-state index contributed by atoms with van der Waals surface area (Å²) in [6.07, 6.45) is 5.45. The first-order valence-electron chi connectivity index (χ1n) is 7.86. The predicted octanol–water partition coefficient (Wildman–Crippen LogP) is 1.92. The lowest BCUT2D eigenvalue weighted by Crippen LogP contribution is -2.46. The second kappa shape index (κ2) is 8.29. The van der Waals surface area contributed by atoms with E-state index in [0.717, 1.165) is 25.7 Å². The van der Waals surface area contributed by atoms with Crippen molar-refractivity contribution in [2.45, 2.75) is 44.2 Å². The van der Waals surface area contributed by atoms with Gasteiger partial charge < -0.3 is 15.5 Å². The molecule has 2 rings (SSSR count). The third kappa shape index (κ3) is 4.81. The van der Waals surface area contributed by atoms with Gasteiger partial charge in [-0.3, -0.25) is 9.59 Å². The van der Waals surface area contributed by atoms with Gasteiger partial charge in [0.1, 0.15) is 0 Å². The molecule has 1 aromatic rings. The van der Waals surface area contributed by atoms with Crippen LogP contribution >= 0.6 is 11.3 Å². The molecule has 1 saturated carbocycles. The van der Waals surface area contributed by atoms with E-state index >= 15 is 0 Å². The molecular formula is C16H25N3O2S. The fraction of sp³-hybridized carbons (Fsp3) is 0.625. The molecule has 0 radical (unpaired) electrons. The highest BCUT2D eigenvalue weighted by atomic mass is 32.1. The molecular weight excluding hydrogens is 298 g/mol. The summed E-state index contributed by atoms with van der Waals surface area (Å²) in [6.45, 7) is 0.435. The van der Waals surface area contributed by atoms with E-state index in [9.17, 15) is 9.59 Å². The van der Waals surface area contributed by atoms with Crippen LogP contribution in [-0.4, -0.2) is 43.4 Å². The quantitative estimate of drug-likeness (QED) is 0.814. The number of amides is 2. The van der Waals surface area contributed by atoms with E-state index in [1.807, 2.05) is 36.5 Å². The number of hydrogen-bond acceptors (Lipinski definition) is 4. The van der Waals surface area contributed by atoms with Crippen molar-refractivity contribution in [2.75, 3.05) is 20.6 Å². The highest BCUT2D eigenvalue weighted by Crippen LogP contribution is 2.22. The number of hydrogen-bond donors (Lipinski definition) is 2. The predicted molar refractivity (Wildman–Crippen MR) is 88.8 cm³/mol. The molecule has 1 aliphatic carbocycles. The van der Waals surface area contributed by atoms with E-state index in [1.54, 1.807) is 11.3 Å². The Morgan fingerprint density at radius 3 is 2.59 bits per heavy atom. The van der Waals surface area contributed by atoms with Crippen LogP contribution in [0.5, 0.6) is 0 Å². The normalized spacial score (nSPS) is 17.2. The van der Waals surface area contributed by atoms with Gasteiger partial charge in [0.05, 0.1) is 6.04 Å². The van der Waals surface area contributed by atoms with Gasteiger partial charge >= 0.3 is 11.8 Å². The molecule has 1 atom stereocenters. The smallest absolute Gasteiger partial charge is 0.309 e. The molecule has 1 fully saturated rings. The third-order valence-corrected chi connectivity index (χ3v) is 5.07. The van der Waals surface area contributed by atoms with Crippen LogP contribution in [0.2, 0.25) is 0 Å². The lowest BCUT2D eigenvalue weighted by atomic mass is 9.95. The van der Waals surface area contributed by atoms with Crippen LogP contribution in [0, 0.1) is 0 Å². The van der Waals surface area contributed by atoms with Gasteiger partial charge in [0.15, 0.2) is 0 Å². The van der Waals surface area contributed by atoms with E-state index in [2.05, 4.69) is 10.6 Å². The molecule has 0 aliphatic heterocycles. The molecule has 122 valence electrons. The van der Waals surface area contributed by atoms with Crippen LogP contribution in [-0.2, 0) is 9.59 Å². The molecule has 5 nitrogen and oxygen atoms in total. The average Bonchev–Trinajstić information content (AvgIpc) is 3.02. The Hall–Kier alpha value is -1.40. The van der Waals surface area contributed by atoms with Crippen molar-refractivity contribution >= 4 is 23.2 Å². The molecule has 0 aromatic carbocycles. The summed E-state index contributed by atoms with van der Waals surface area (Å²) in [5.74, 6) is -1.04. The van der Waals surface area contributed by atoms with Crippen LogP contribution < -0.4 is 10.6 Å². The fourth-order valence-corrected chi connectivity index (χ4v) is 3.71. The van der Waals surface area contributed by atoms with Gasteiger partial charge in [-0.2, -0.15) is 0 Å². The van der Waals surface area contributed by atoms with Crippen molar-refractivity contribution in [3.63, 3.8) is 0 Å². The second-order valence-electron chi connectivity index (χ2n) is 6.01. The Morgan fingerprint density at radius 2 is 2.00 bits per heavy atom. The van der Waals surface area contributed by atoms with Gasteiger partial charge in [-0.25, -0.2) is 0 Å². The van der Waals surface area contributed by atoms with Crippen LogP contribution in [0.3, 0.4) is 0 Å². The van der Waals surface area contributed by atoms with Gasteiger partial charge in [0.25, 0.3) is 0 Å². The van der Waals surface area contributed by atoms with Crippen molar-refractivity contribution in [3.05, 3.63) is 22.4 Å². The number of likely N-dealkylation sites (N-methyl/N-ethyl adjacent to an activating group) is 1. The van der Waals surface area contributed by atoms with Gasteiger partial charge in [-0.15, -0.1) is 11.3 Å². The van der Waals surface area contributed by atoms with Gasteiger partial charge in [0.2, 0.25) is 0 Å². The maximum Gasteiger partial charge on any atom is 0.309 e. The summed E-state index contributed by atoms with van der Waals surface area (Å²) in [5, 5.41) is 7.62. The molecule has 0 bridgehead atoms. The van der Waals surface area contributed by atoms with Crippen LogP contribution in [0.4, 0.5) is 0 Å². The molecule has 0 spiro atoms. The average molecular weight is 323 g/mol. The van der Waals surface area contributed by atoms with Gasteiger partial charge in [0, 0.05) is 17.5 Å². The Bertz CT molecular complexity index is 482. The standard InChI is InChI=1S/C16H25N3O2S/c1-19(2)13(14-9-6-10-22-14)11-17-15(20)16(21)18-12-7-4-3-5-8-12/h6,9-10,12-13H,3-5,7-8,11H2,1-2H3,(H,17,20)(H,18,21). The van der Waals surface area contributed by atoms with Crippen LogP contribution in [0.25, 0.3) is 0 Å². The van der Waals surface area contributed by atoms with Crippen molar-refractivity contribution in [1.82, 2.24) is 15.5 Å². The monoisotopic (exact) mass is 323 g/mol. The second-order valence-corrected chi connectivity index (χ2v) is 6.99. The summed E-state index contributed by atoms with van der Waals surface area (Å²) < 4.78 is 0. The van der Waals surface area contributed by atoms with Gasteiger partial charge in [-0.05, 0) is 38.4 Å². The maximum absolute atomic E-state index is 12.0. The third-order valence-electron chi connectivity index (χ3n) is 4.10. The molecule has 1 unspecified atom stereocenters. The minimum atomic E-state index is -0.533. The minimum Gasteiger partial charge on any atom is -0.346 e. The first-order chi connectivity index (χ1) is 10.6. The number of carbonyl (C=O) groups excluding carboxylic acids is 2. The molecule has 22 heavy (non-hydrogen) atoms. The molecule has 6 heteroatoms. The summed E-state index contributed by atoms with van der Waals surface area (Å²) in [6, 6.07) is 4.29. The SMILES string of the molecule is CN(C)C(CNC(=O)C(=O)NC1CCCCC1)c1cccs1. The fourth-order valence-electron chi connectivity index (χ4n) is 2.79. The first kappa shape index (κ1) is 17.0. The van der Waals surface area contributed by atoms with E-state index in [1.165, 1.54) is 11.3 Å². The zero-order valence-corrected chi connectivity index (χ0v) is 14.1. The molecule has 1 aliphatic rings. The van der Waals surface area contributed by atoms with Crippen LogP contribution in [0.15, 0.2) is 17.5 Å². The summed E-state index contributed by atoms with van der Waals surface area (Å²) in [5.41, 5.74) is 0. The van der Waals surface area contributed by atoms with E-state index in [4.69, 9.17) is 0 Å². The van der Waals surface area contributed by atoms with E-state index in [-0.39, 0.29) is 12.1 Å². The Labute approximate surface area is 136 Å². The molecule has 2 N–H and O–H groups in total. The van der Waals surface area contributed by atoms with Crippen molar-refractivity contribution in [3.8, 4) is 0 Å². The highest BCUT2D eigenvalue weighted by Gasteiger charge is 2.22. The summed E-state index contributed by atoms with van der Waals surface area (Å²) >= 11 is 1.65. The number of nitrogens with zero attached hydrogens (tertiary/aromatic N) is 1. The van der Waals surface area contributed by atoms with E-state index in [0.29, 0.717) is 6.54 Å². The highest BCUT2D eigenvalue weighted by molar-refractivity contribution is 7.10. The Balaban J connectivity index is 1.81. The van der Waals surface area contributed by atoms with Crippen molar-refractivity contribution in [2.24, 2.45) is 0 Å². The summed E-state index contributed by atoms with van der Waals surface area (Å²) in [4.78, 5) is 27.1. The Morgan fingerprint density at radius 1 is 1.27 bits per heavy atom. The number of rotatable bonds is 5. The van der Waals surface area contributed by atoms with Crippen molar-refractivity contribution < 1.29 is 9.59 Å². The lowest BCUT2D eigenvalue weighted by Gasteiger charge is -2.24. The molecule has 0 saturated heterocycles. The number of thiophene rings is 1. The minimum absolute atomic E-state index is 0.0893. The topological polar surface area (TPSA) is 61.4 Å². The maximum atomic E-state index is 12.0.